The average molecular weight is 493 g/mol. The third kappa shape index (κ3) is 6.36. The molecule has 1 aliphatic heterocycles. The summed E-state index contributed by atoms with van der Waals surface area (Å²) >= 11 is 0. The minimum absolute atomic E-state index is 0. The van der Waals surface area contributed by atoms with Crippen LogP contribution in [-0.2, 0) is 13.1 Å². The Morgan fingerprint density at radius 2 is 1.93 bits per heavy atom. The number of guanidine groups is 1. The van der Waals surface area contributed by atoms with Crippen LogP contribution < -0.4 is 5.32 Å². The highest BCUT2D eigenvalue weighted by atomic mass is 127. The molecule has 1 saturated heterocycles. The number of piperidine rings is 1. The first-order valence-electron chi connectivity index (χ1n) is 9.86. The quantitative estimate of drug-likeness (QED) is 0.381. The summed E-state index contributed by atoms with van der Waals surface area (Å²) < 4.78 is 2.22. The minimum Gasteiger partial charge on any atom is -0.349 e. The van der Waals surface area contributed by atoms with Crippen LogP contribution in [0.5, 0.6) is 0 Å². The molecule has 0 atom stereocenters. The van der Waals surface area contributed by atoms with Crippen LogP contribution in [0.3, 0.4) is 0 Å². The summed E-state index contributed by atoms with van der Waals surface area (Å²) in [6, 6.07) is 10.6. The summed E-state index contributed by atoms with van der Waals surface area (Å²) in [5, 5.41) is 3.49. The normalized spacial score (nSPS) is 14.8. The van der Waals surface area contributed by atoms with E-state index < -0.39 is 0 Å². The molecule has 1 aromatic heterocycles. The Kier molecular flexibility index (Phi) is 9.02. The number of hydrogen-bond donors (Lipinski definition) is 1. The molecule has 0 unspecified atom stereocenters. The predicted molar refractivity (Wildman–Crippen MR) is 128 cm³/mol. The zero-order chi connectivity index (χ0) is 19.1. The topological polar surface area (TPSA) is 45.5 Å². The average Bonchev–Trinajstić information content (AvgIpc) is 3.10. The van der Waals surface area contributed by atoms with E-state index in [4.69, 9.17) is 0 Å². The Morgan fingerprint density at radius 1 is 1.21 bits per heavy atom. The predicted octanol–water partition coefficient (Wildman–Crippen LogP) is 4.41. The second-order valence-corrected chi connectivity index (χ2v) is 7.49. The lowest BCUT2D eigenvalue weighted by atomic mass is 10.0. The van der Waals surface area contributed by atoms with E-state index >= 15 is 0 Å². The molecule has 3 rings (SSSR count). The van der Waals surface area contributed by atoms with E-state index in [1.54, 1.807) is 0 Å². The standard InChI is InChI=1S/C22H31N5.HI/c1-18(2)17-27-14-11-24-21(27)16-25-22(23-3)26-12-9-20(10-13-26)15-19-7-5-4-6-8-19;/h4-8,11,14-15,18H,9-10,12-13,16-17H2,1-3H3,(H,23,25);1H. The van der Waals surface area contributed by atoms with E-state index in [0.717, 1.165) is 44.3 Å². The van der Waals surface area contributed by atoms with Gasteiger partial charge in [-0.1, -0.05) is 55.8 Å². The van der Waals surface area contributed by atoms with Crippen molar-refractivity contribution in [3.63, 3.8) is 0 Å². The smallest absolute Gasteiger partial charge is 0.194 e. The van der Waals surface area contributed by atoms with Gasteiger partial charge in [-0.05, 0) is 24.3 Å². The number of nitrogens with one attached hydrogen (secondary N) is 1. The van der Waals surface area contributed by atoms with Crippen molar-refractivity contribution in [3.8, 4) is 0 Å². The number of benzene rings is 1. The zero-order valence-electron chi connectivity index (χ0n) is 17.1. The molecule has 1 N–H and O–H groups in total. The lowest BCUT2D eigenvalue weighted by Crippen LogP contribution is -2.44. The molecule has 1 aliphatic rings. The van der Waals surface area contributed by atoms with Crippen molar-refractivity contribution < 1.29 is 0 Å². The molecule has 0 spiro atoms. The molecule has 5 nitrogen and oxygen atoms in total. The number of hydrogen-bond acceptors (Lipinski definition) is 2. The van der Waals surface area contributed by atoms with Gasteiger partial charge in [-0.3, -0.25) is 4.99 Å². The number of rotatable bonds is 5. The van der Waals surface area contributed by atoms with Crippen LogP contribution in [0, 0.1) is 5.92 Å². The van der Waals surface area contributed by atoms with Crippen LogP contribution in [-0.4, -0.2) is 40.5 Å². The lowest BCUT2D eigenvalue weighted by molar-refractivity contribution is 0.374. The summed E-state index contributed by atoms with van der Waals surface area (Å²) in [4.78, 5) is 11.3. The number of nitrogens with zero attached hydrogens (tertiary/aromatic N) is 4. The van der Waals surface area contributed by atoms with Crippen molar-refractivity contribution in [3.05, 3.63) is 59.7 Å². The fourth-order valence-corrected chi connectivity index (χ4v) is 3.49. The Morgan fingerprint density at radius 3 is 2.57 bits per heavy atom. The molecule has 0 bridgehead atoms. The second-order valence-electron chi connectivity index (χ2n) is 7.49. The number of likely N-dealkylation sites (tertiary alicyclic amines) is 1. The van der Waals surface area contributed by atoms with E-state index in [9.17, 15) is 0 Å². The van der Waals surface area contributed by atoms with Crippen LogP contribution in [0.4, 0.5) is 0 Å². The van der Waals surface area contributed by atoms with Crippen molar-refractivity contribution in [2.24, 2.45) is 10.9 Å². The largest absolute Gasteiger partial charge is 0.349 e. The van der Waals surface area contributed by atoms with Gasteiger partial charge in [0.15, 0.2) is 5.96 Å². The van der Waals surface area contributed by atoms with Gasteiger partial charge in [-0.25, -0.2) is 4.98 Å². The van der Waals surface area contributed by atoms with Gasteiger partial charge in [0, 0.05) is 39.1 Å². The number of halogens is 1. The van der Waals surface area contributed by atoms with Gasteiger partial charge in [0.1, 0.15) is 5.82 Å². The fourth-order valence-electron chi connectivity index (χ4n) is 3.49. The first-order valence-corrected chi connectivity index (χ1v) is 9.86. The minimum atomic E-state index is 0. The Labute approximate surface area is 186 Å². The van der Waals surface area contributed by atoms with Crippen LogP contribution >= 0.6 is 24.0 Å². The van der Waals surface area contributed by atoms with E-state index in [-0.39, 0.29) is 24.0 Å². The first-order chi connectivity index (χ1) is 13.2. The monoisotopic (exact) mass is 493 g/mol. The van der Waals surface area contributed by atoms with Gasteiger partial charge in [0.05, 0.1) is 6.54 Å². The summed E-state index contributed by atoms with van der Waals surface area (Å²) in [5.41, 5.74) is 2.81. The van der Waals surface area contributed by atoms with E-state index in [1.807, 2.05) is 13.2 Å². The zero-order valence-corrected chi connectivity index (χ0v) is 19.5. The van der Waals surface area contributed by atoms with Crippen LogP contribution in [0.2, 0.25) is 0 Å². The van der Waals surface area contributed by atoms with Crippen molar-refractivity contribution in [2.45, 2.75) is 39.8 Å². The summed E-state index contributed by atoms with van der Waals surface area (Å²) in [5.74, 6) is 2.63. The van der Waals surface area contributed by atoms with Gasteiger partial charge in [0.25, 0.3) is 0 Å². The molecule has 1 aromatic carbocycles. The molecule has 28 heavy (non-hydrogen) atoms. The molecular formula is C22H32IN5. The summed E-state index contributed by atoms with van der Waals surface area (Å²) in [6.45, 7) is 8.15. The number of aromatic nitrogens is 2. The molecule has 0 saturated carbocycles. The van der Waals surface area contributed by atoms with Gasteiger partial charge < -0.3 is 14.8 Å². The molecule has 6 heteroatoms. The van der Waals surface area contributed by atoms with Gasteiger partial charge in [-0.15, -0.1) is 24.0 Å². The van der Waals surface area contributed by atoms with Crippen LogP contribution in [0.1, 0.15) is 38.1 Å². The SMILES string of the molecule is CN=C(NCc1nccn1CC(C)C)N1CCC(=Cc2ccccc2)CC1.I. The van der Waals surface area contributed by atoms with Crippen molar-refractivity contribution >= 4 is 36.0 Å². The molecule has 2 heterocycles. The molecule has 0 radical (unpaired) electrons. The molecule has 152 valence electrons. The first kappa shape index (κ1) is 22.5. The fraction of sp³-hybridized carbons (Fsp3) is 0.455. The molecule has 1 fully saturated rings. The summed E-state index contributed by atoms with van der Waals surface area (Å²) in [7, 11) is 1.86. The molecule has 2 aromatic rings. The third-order valence-corrected chi connectivity index (χ3v) is 4.86. The maximum absolute atomic E-state index is 4.50. The molecule has 0 amide bonds. The Balaban J connectivity index is 0.00000280. The highest BCUT2D eigenvalue weighted by Crippen LogP contribution is 2.19. The lowest BCUT2D eigenvalue weighted by Gasteiger charge is -2.31. The number of imidazole rings is 1. The van der Waals surface area contributed by atoms with Gasteiger partial charge in [-0.2, -0.15) is 0 Å². The maximum Gasteiger partial charge on any atom is 0.194 e. The third-order valence-electron chi connectivity index (χ3n) is 4.86. The van der Waals surface area contributed by atoms with E-state index in [0.29, 0.717) is 12.5 Å². The number of aliphatic imine (C=N–C) groups is 1. The molecular weight excluding hydrogens is 461 g/mol. The highest BCUT2D eigenvalue weighted by Gasteiger charge is 2.17. The van der Waals surface area contributed by atoms with E-state index in [2.05, 4.69) is 81.2 Å². The second kappa shape index (κ2) is 11.2. The Bertz CT molecular complexity index is 769. The van der Waals surface area contributed by atoms with E-state index in [1.165, 1.54) is 11.1 Å². The Hall–Kier alpha value is -1.83. The van der Waals surface area contributed by atoms with Gasteiger partial charge in [0.2, 0.25) is 0 Å². The van der Waals surface area contributed by atoms with Gasteiger partial charge >= 0.3 is 0 Å². The van der Waals surface area contributed by atoms with Crippen molar-refractivity contribution in [1.29, 1.82) is 0 Å². The highest BCUT2D eigenvalue weighted by molar-refractivity contribution is 14.0. The van der Waals surface area contributed by atoms with Crippen LogP contribution in [0.25, 0.3) is 6.08 Å². The van der Waals surface area contributed by atoms with Crippen LogP contribution in [0.15, 0.2) is 53.3 Å². The van der Waals surface area contributed by atoms with Crippen molar-refractivity contribution in [2.75, 3.05) is 20.1 Å². The molecule has 0 aliphatic carbocycles. The maximum atomic E-state index is 4.50. The summed E-state index contributed by atoms with van der Waals surface area (Å²) in [6.07, 6.45) is 8.43. The van der Waals surface area contributed by atoms with Crippen molar-refractivity contribution in [1.82, 2.24) is 19.8 Å².